The van der Waals surface area contributed by atoms with Crippen molar-refractivity contribution in [3.63, 3.8) is 0 Å². The number of nitrogens with zero attached hydrogens (tertiary/aromatic N) is 5. The largest absolute Gasteiger partial charge is 0.477 e. The van der Waals surface area contributed by atoms with Gasteiger partial charge in [-0.25, -0.2) is 4.79 Å². The minimum Gasteiger partial charge on any atom is -0.477 e. The first kappa shape index (κ1) is 27.0. The molecular weight excluding hydrogens is 550 g/mol. The maximum Gasteiger partial charge on any atom is 0.352 e. The summed E-state index contributed by atoms with van der Waals surface area (Å²) in [6.07, 6.45) is 9.82. The average molecular weight is 581 g/mol. The molecule has 0 spiro atoms. The summed E-state index contributed by atoms with van der Waals surface area (Å²) < 4.78 is 5.47. The third-order valence-electron chi connectivity index (χ3n) is 7.91. The highest BCUT2D eigenvalue weighted by molar-refractivity contribution is 8.00. The number of β-lactam (4-membered cyclic amide) rings is 1. The van der Waals surface area contributed by atoms with Crippen LogP contribution in [0.25, 0.3) is 0 Å². The third kappa shape index (κ3) is 4.80. The summed E-state index contributed by atoms with van der Waals surface area (Å²) in [6.45, 7) is 4.31. The highest BCUT2D eigenvalue weighted by atomic mass is 32.2. The van der Waals surface area contributed by atoms with Crippen molar-refractivity contribution in [2.45, 2.75) is 35.4 Å². The van der Waals surface area contributed by atoms with Gasteiger partial charge in [0.15, 0.2) is 5.13 Å². The van der Waals surface area contributed by atoms with Crippen LogP contribution in [0.5, 0.6) is 0 Å². The van der Waals surface area contributed by atoms with E-state index in [4.69, 9.17) is 10.6 Å². The number of carboxylic acids is 1. The van der Waals surface area contributed by atoms with Gasteiger partial charge in [-0.1, -0.05) is 11.2 Å². The summed E-state index contributed by atoms with van der Waals surface area (Å²) in [5, 5.41) is 15.9. The Kier molecular flexibility index (Phi) is 7.46. The number of carboxylic acid groups (broad SMARTS) is 1. The maximum absolute atomic E-state index is 13.0. The number of oxime groups is 1. The van der Waals surface area contributed by atoms with Crippen molar-refractivity contribution in [2.24, 2.45) is 5.16 Å². The van der Waals surface area contributed by atoms with Crippen molar-refractivity contribution in [1.29, 1.82) is 0 Å². The van der Waals surface area contributed by atoms with Gasteiger partial charge in [0, 0.05) is 41.3 Å². The lowest BCUT2D eigenvalue weighted by Crippen LogP contribution is -2.71. The Morgan fingerprint density at radius 3 is 2.66 bits per heavy atom. The predicted octanol–water partition coefficient (Wildman–Crippen LogP) is 0.882. The molecule has 6 rings (SSSR count). The summed E-state index contributed by atoms with van der Waals surface area (Å²) in [7, 11) is 1.27. The number of rotatable bonds is 9. The Balaban J connectivity index is 1.27. The van der Waals surface area contributed by atoms with E-state index in [9.17, 15) is 19.5 Å². The summed E-state index contributed by atoms with van der Waals surface area (Å²) >= 11 is 4.31. The van der Waals surface area contributed by atoms with Gasteiger partial charge >= 0.3 is 5.97 Å². The molecule has 0 radical (unpaired) electrons. The standard InChI is InChI=1S/C23H29N7O5S3/c1-35-27-14(17-26-22(24)38-28-17)18(31)25-15-19(32)29-16(21(33)34)13(12-37-20(15)29)4-3-8-30-9-5-23(36-2,6-10-30)7-11-30/h3-4,15,20H,5-12H2,1-2H3,(H3-,24,25,26,28,31,33,34)/p+1/t15-,20+,23?,30?/m1/s1. The zero-order valence-corrected chi connectivity index (χ0v) is 23.5. The third-order valence-corrected chi connectivity index (χ3v) is 11.2. The second kappa shape index (κ2) is 10.5. The van der Waals surface area contributed by atoms with E-state index in [2.05, 4.69) is 32.2 Å². The molecule has 1 aromatic rings. The topological polar surface area (TPSA) is 160 Å². The lowest BCUT2D eigenvalue weighted by Gasteiger charge is -2.54. The summed E-state index contributed by atoms with van der Waals surface area (Å²) in [6, 6.07) is -0.915. The number of nitrogens with two attached hydrogens (primary N) is 1. The van der Waals surface area contributed by atoms with Crippen LogP contribution in [-0.2, 0) is 19.2 Å². The lowest BCUT2D eigenvalue weighted by molar-refractivity contribution is -0.936. The molecule has 2 atom stereocenters. The van der Waals surface area contributed by atoms with Crippen LogP contribution in [0.15, 0.2) is 28.6 Å². The molecule has 0 saturated carbocycles. The van der Waals surface area contributed by atoms with Crippen LogP contribution in [0.1, 0.15) is 25.1 Å². The number of nitrogen functional groups attached to an aromatic ring is 1. The number of carbonyl (C=O) groups is 3. The normalized spacial score (nSPS) is 30.8. The minimum atomic E-state index is -1.16. The number of aromatic nitrogens is 2. The van der Waals surface area contributed by atoms with Gasteiger partial charge in [-0.05, 0) is 17.9 Å². The molecule has 38 heavy (non-hydrogen) atoms. The molecule has 2 bridgehead atoms. The number of aliphatic carboxylic acids is 1. The first-order valence-electron chi connectivity index (χ1n) is 12.2. The van der Waals surface area contributed by atoms with Gasteiger partial charge in [0.1, 0.15) is 24.2 Å². The van der Waals surface area contributed by atoms with Crippen molar-refractivity contribution in [2.75, 3.05) is 51.0 Å². The molecule has 0 aromatic carbocycles. The monoisotopic (exact) mass is 580 g/mol. The fourth-order valence-corrected chi connectivity index (χ4v) is 8.26. The zero-order valence-electron chi connectivity index (χ0n) is 21.1. The Hall–Kier alpha value is -2.62. The number of amides is 2. The fraction of sp³-hybridized carbons (Fsp3) is 0.565. The summed E-state index contributed by atoms with van der Waals surface area (Å²) in [5.41, 5.74) is 5.96. The van der Waals surface area contributed by atoms with Crippen molar-refractivity contribution in [1.82, 2.24) is 19.6 Å². The fourth-order valence-electron chi connectivity index (χ4n) is 5.62. The number of thioether (sulfide) groups is 2. The van der Waals surface area contributed by atoms with E-state index in [1.165, 1.54) is 43.0 Å². The van der Waals surface area contributed by atoms with Gasteiger partial charge in [-0.3, -0.25) is 14.5 Å². The SMILES string of the molecule is CON=C(C(=O)N[C@@H]1C(=O)N2C(C(=O)O)=C(C=CC[N+]34CCC(SC)(CC3)CC4)CS[C@@H]12)c1nsc(N)n1. The number of quaternary nitrogens is 1. The second-order valence-corrected chi connectivity index (χ2v) is 13.0. The van der Waals surface area contributed by atoms with E-state index >= 15 is 0 Å². The number of piperidine rings is 3. The van der Waals surface area contributed by atoms with Crippen LogP contribution < -0.4 is 11.1 Å². The second-order valence-electron chi connectivity index (χ2n) is 9.85. The number of allylic oxidation sites excluding steroid dienone is 1. The van der Waals surface area contributed by atoms with E-state index < -0.39 is 29.2 Å². The Labute approximate surface area is 232 Å². The van der Waals surface area contributed by atoms with Crippen LogP contribution >= 0.6 is 35.1 Å². The molecule has 6 heterocycles. The highest BCUT2D eigenvalue weighted by Crippen LogP contribution is 2.45. The Morgan fingerprint density at radius 1 is 1.37 bits per heavy atom. The van der Waals surface area contributed by atoms with Crippen molar-refractivity contribution < 1.29 is 28.8 Å². The molecule has 4 N–H and O–H groups in total. The highest BCUT2D eigenvalue weighted by Gasteiger charge is 2.54. The number of fused-ring (bicyclic) bond motifs is 4. The number of hydrogen-bond donors (Lipinski definition) is 3. The van der Waals surface area contributed by atoms with Gasteiger partial charge in [0.05, 0.1) is 26.2 Å². The van der Waals surface area contributed by atoms with E-state index in [-0.39, 0.29) is 22.4 Å². The molecule has 0 unspecified atom stereocenters. The lowest BCUT2D eigenvalue weighted by atomic mass is 9.84. The van der Waals surface area contributed by atoms with E-state index in [1.807, 2.05) is 17.8 Å². The number of anilines is 1. The van der Waals surface area contributed by atoms with Crippen LogP contribution in [0.3, 0.4) is 0 Å². The first-order chi connectivity index (χ1) is 18.2. The van der Waals surface area contributed by atoms with E-state index in [1.54, 1.807) is 0 Å². The smallest absolute Gasteiger partial charge is 0.352 e. The molecule has 15 heteroatoms. The van der Waals surface area contributed by atoms with Crippen LogP contribution in [0.2, 0.25) is 0 Å². The predicted molar refractivity (Wildman–Crippen MR) is 147 cm³/mol. The molecule has 2 amide bonds. The van der Waals surface area contributed by atoms with Crippen LogP contribution in [0.4, 0.5) is 5.13 Å². The van der Waals surface area contributed by atoms with Gasteiger partial charge in [0.25, 0.3) is 11.8 Å². The molecule has 4 saturated heterocycles. The average Bonchev–Trinajstić information content (AvgIpc) is 3.36. The van der Waals surface area contributed by atoms with Gasteiger partial charge in [-0.2, -0.15) is 21.1 Å². The molecular formula is C23H30N7O5S3+. The van der Waals surface area contributed by atoms with Gasteiger partial charge < -0.3 is 25.5 Å². The quantitative estimate of drug-likeness (QED) is 0.166. The maximum atomic E-state index is 13.0. The summed E-state index contributed by atoms with van der Waals surface area (Å²) in [5.74, 6) is -1.97. The Morgan fingerprint density at radius 2 is 2.08 bits per heavy atom. The van der Waals surface area contributed by atoms with Crippen LogP contribution in [-0.4, -0.2) is 109 Å². The van der Waals surface area contributed by atoms with Crippen molar-refractivity contribution >= 4 is 63.7 Å². The van der Waals surface area contributed by atoms with E-state index in [0.29, 0.717) is 16.1 Å². The minimum absolute atomic E-state index is 0.0155. The molecule has 12 nitrogen and oxygen atoms in total. The zero-order chi connectivity index (χ0) is 27.1. The first-order valence-corrected chi connectivity index (χ1v) is 15.3. The van der Waals surface area contributed by atoms with Crippen LogP contribution in [0, 0.1) is 0 Å². The van der Waals surface area contributed by atoms with E-state index in [0.717, 1.165) is 42.2 Å². The molecule has 5 aliphatic heterocycles. The molecule has 0 aliphatic carbocycles. The molecule has 4 fully saturated rings. The Bertz CT molecular complexity index is 1220. The van der Waals surface area contributed by atoms with Gasteiger partial charge in [-0.15, -0.1) is 11.8 Å². The number of hydrogen-bond acceptors (Lipinski definition) is 11. The van der Waals surface area contributed by atoms with Gasteiger partial charge in [0.2, 0.25) is 11.5 Å². The van der Waals surface area contributed by atoms with Crippen molar-refractivity contribution in [3.8, 4) is 0 Å². The summed E-state index contributed by atoms with van der Waals surface area (Å²) in [4.78, 5) is 48.1. The molecule has 204 valence electrons. The van der Waals surface area contributed by atoms with Crippen molar-refractivity contribution in [3.05, 3.63) is 29.2 Å². The molecule has 5 aliphatic rings. The molecule has 1 aromatic heterocycles. The number of nitrogens with one attached hydrogen (secondary N) is 1. The number of carbonyl (C=O) groups excluding carboxylic acids is 2.